The van der Waals surface area contributed by atoms with Crippen molar-refractivity contribution in [2.45, 2.75) is 30.6 Å². The lowest BCUT2D eigenvalue weighted by Gasteiger charge is -2.22. The lowest BCUT2D eigenvalue weighted by molar-refractivity contribution is -0.146. The summed E-state index contributed by atoms with van der Waals surface area (Å²) in [6.45, 7) is 0.492. The van der Waals surface area contributed by atoms with Gasteiger partial charge in [0.05, 0.1) is 24.3 Å². The molecule has 2 aliphatic heterocycles. The van der Waals surface area contributed by atoms with Gasteiger partial charge in [0.1, 0.15) is 31.0 Å². The molecule has 0 N–H and O–H groups in total. The van der Waals surface area contributed by atoms with Crippen molar-refractivity contribution in [3.05, 3.63) is 82.2 Å². The third-order valence-electron chi connectivity index (χ3n) is 5.11. The Bertz CT molecular complexity index is 976. The highest BCUT2D eigenvalue weighted by Crippen LogP contribution is 2.32. The highest BCUT2D eigenvalue weighted by atomic mass is 16.7. The largest absolute Gasteiger partial charge is 0.459 e. The molecule has 2 fully saturated rings. The summed E-state index contributed by atoms with van der Waals surface area (Å²) in [4.78, 5) is 28.0. The molecule has 2 aromatic carbocycles. The van der Waals surface area contributed by atoms with Gasteiger partial charge in [-0.3, -0.25) is 0 Å². The predicted molar refractivity (Wildman–Crippen MR) is 110 cm³/mol. The smallest absolute Gasteiger partial charge is 0.338 e. The van der Waals surface area contributed by atoms with Crippen molar-refractivity contribution < 1.29 is 33.3 Å². The SMILES string of the molecule is [N-]=[N+]=N[C@H]1[C@H](OC(=O)c2ccccc2)[C@@H](COC(=O)c2ccccc2)O[C@H]1C1OCCO1. The number of carbonyl (C=O) groups is 2. The van der Waals surface area contributed by atoms with Crippen molar-refractivity contribution in [3.8, 4) is 0 Å². The van der Waals surface area contributed by atoms with Crippen LogP contribution in [-0.2, 0) is 23.7 Å². The lowest BCUT2D eigenvalue weighted by Crippen LogP contribution is -2.40. The summed E-state index contributed by atoms with van der Waals surface area (Å²) in [5.41, 5.74) is 9.80. The molecule has 0 spiro atoms. The van der Waals surface area contributed by atoms with Crippen LogP contribution in [0.15, 0.2) is 65.8 Å². The number of carbonyl (C=O) groups excluding carboxylic acids is 2. The number of hydrogen-bond acceptors (Lipinski definition) is 8. The molecule has 4 rings (SSSR count). The van der Waals surface area contributed by atoms with Gasteiger partial charge in [0.2, 0.25) is 0 Å². The van der Waals surface area contributed by atoms with Gasteiger partial charge in [-0.15, -0.1) is 0 Å². The first-order valence-corrected chi connectivity index (χ1v) is 10.1. The molecule has 2 aromatic rings. The van der Waals surface area contributed by atoms with Crippen LogP contribution in [0, 0.1) is 0 Å². The second-order valence-electron chi connectivity index (χ2n) is 7.15. The quantitative estimate of drug-likeness (QED) is 0.281. The molecular formula is C22H21N3O7. The maximum atomic E-state index is 12.7. The number of benzene rings is 2. The van der Waals surface area contributed by atoms with Crippen molar-refractivity contribution >= 4 is 11.9 Å². The fourth-order valence-corrected chi connectivity index (χ4v) is 3.61. The van der Waals surface area contributed by atoms with E-state index < -0.39 is 42.6 Å². The maximum Gasteiger partial charge on any atom is 0.338 e. The molecule has 0 unspecified atom stereocenters. The summed E-state index contributed by atoms with van der Waals surface area (Å²) in [7, 11) is 0. The zero-order valence-corrected chi connectivity index (χ0v) is 17.0. The molecule has 0 bridgehead atoms. The summed E-state index contributed by atoms with van der Waals surface area (Å²) >= 11 is 0. The van der Waals surface area contributed by atoms with E-state index in [1.807, 2.05) is 0 Å². The number of azide groups is 1. The Kier molecular flexibility index (Phi) is 6.98. The standard InChI is InChI=1S/C22H21N3O7/c23-25-24-17-18(32-21(27)15-9-5-2-6-10-15)16(31-19(17)22-28-11-12-29-22)13-30-20(26)14-7-3-1-4-8-14/h1-10,16-19,22H,11-13H2/t16-,17+,18-,19-/m1/s1. The molecule has 32 heavy (non-hydrogen) atoms. The van der Waals surface area contributed by atoms with Gasteiger partial charge in [-0.25, -0.2) is 9.59 Å². The predicted octanol–water partition coefficient (Wildman–Crippen LogP) is 2.89. The molecule has 4 atom stereocenters. The zero-order chi connectivity index (χ0) is 22.3. The van der Waals surface area contributed by atoms with E-state index in [1.54, 1.807) is 60.7 Å². The normalized spacial score (nSPS) is 25.1. The molecule has 166 valence electrons. The average Bonchev–Trinajstić information content (AvgIpc) is 3.48. The minimum atomic E-state index is -1.01. The Morgan fingerprint density at radius 2 is 1.56 bits per heavy atom. The number of rotatable bonds is 7. The van der Waals surface area contributed by atoms with E-state index in [9.17, 15) is 9.59 Å². The van der Waals surface area contributed by atoms with Crippen molar-refractivity contribution in [3.63, 3.8) is 0 Å². The number of nitrogens with zero attached hydrogens (tertiary/aromatic N) is 3. The van der Waals surface area contributed by atoms with E-state index in [-0.39, 0.29) is 6.61 Å². The van der Waals surface area contributed by atoms with Gasteiger partial charge in [0.25, 0.3) is 0 Å². The van der Waals surface area contributed by atoms with E-state index in [1.165, 1.54) is 0 Å². The van der Waals surface area contributed by atoms with Crippen LogP contribution in [-0.4, -0.2) is 62.4 Å². The fourth-order valence-electron chi connectivity index (χ4n) is 3.61. The highest BCUT2D eigenvalue weighted by Gasteiger charge is 2.51. The molecule has 0 radical (unpaired) electrons. The minimum absolute atomic E-state index is 0.221. The summed E-state index contributed by atoms with van der Waals surface area (Å²) < 4.78 is 28.1. The number of hydrogen-bond donors (Lipinski definition) is 0. The molecule has 2 aliphatic rings. The van der Waals surface area contributed by atoms with E-state index in [4.69, 9.17) is 29.2 Å². The molecular weight excluding hydrogens is 418 g/mol. The Morgan fingerprint density at radius 3 is 2.16 bits per heavy atom. The maximum absolute atomic E-state index is 12.7. The monoisotopic (exact) mass is 439 g/mol. The van der Waals surface area contributed by atoms with Gasteiger partial charge in [0.15, 0.2) is 6.29 Å². The molecule has 10 heteroatoms. The van der Waals surface area contributed by atoms with Crippen LogP contribution >= 0.6 is 0 Å². The minimum Gasteiger partial charge on any atom is -0.459 e. The topological polar surface area (TPSA) is 129 Å². The molecule has 0 saturated carbocycles. The summed E-state index contributed by atoms with van der Waals surface area (Å²) in [6.07, 6.45) is -3.52. The van der Waals surface area contributed by atoms with Crippen molar-refractivity contribution in [1.82, 2.24) is 0 Å². The number of ether oxygens (including phenoxy) is 5. The Hall–Kier alpha value is -3.43. The van der Waals surface area contributed by atoms with E-state index >= 15 is 0 Å². The third-order valence-corrected chi connectivity index (χ3v) is 5.11. The van der Waals surface area contributed by atoms with Crippen LogP contribution < -0.4 is 0 Å². The summed E-state index contributed by atoms with van der Waals surface area (Å²) in [5.74, 6) is -1.18. The molecule has 10 nitrogen and oxygen atoms in total. The van der Waals surface area contributed by atoms with Gasteiger partial charge < -0.3 is 23.7 Å². The van der Waals surface area contributed by atoms with Crippen LogP contribution in [0.2, 0.25) is 0 Å². The van der Waals surface area contributed by atoms with Gasteiger partial charge >= 0.3 is 11.9 Å². The van der Waals surface area contributed by atoms with Crippen LogP contribution in [0.1, 0.15) is 20.7 Å². The first-order chi connectivity index (χ1) is 15.7. The number of esters is 2. The van der Waals surface area contributed by atoms with Gasteiger partial charge in [-0.2, -0.15) is 0 Å². The van der Waals surface area contributed by atoms with Crippen LogP contribution in [0.25, 0.3) is 10.4 Å². The molecule has 2 saturated heterocycles. The van der Waals surface area contributed by atoms with Crippen LogP contribution in [0.3, 0.4) is 0 Å². The molecule has 2 heterocycles. The average molecular weight is 439 g/mol. The highest BCUT2D eigenvalue weighted by molar-refractivity contribution is 5.90. The Balaban J connectivity index is 1.54. The second-order valence-corrected chi connectivity index (χ2v) is 7.15. The van der Waals surface area contributed by atoms with Crippen molar-refractivity contribution in [1.29, 1.82) is 0 Å². The summed E-state index contributed by atoms with van der Waals surface area (Å²) in [5, 5.41) is 3.79. The van der Waals surface area contributed by atoms with Gasteiger partial charge in [0, 0.05) is 4.91 Å². The van der Waals surface area contributed by atoms with E-state index in [0.29, 0.717) is 24.3 Å². The molecule has 0 aliphatic carbocycles. The Morgan fingerprint density at radius 1 is 0.969 bits per heavy atom. The van der Waals surface area contributed by atoms with E-state index in [2.05, 4.69) is 10.0 Å². The van der Waals surface area contributed by atoms with Gasteiger partial charge in [-0.1, -0.05) is 41.5 Å². The fraction of sp³-hybridized carbons (Fsp3) is 0.364. The lowest BCUT2D eigenvalue weighted by atomic mass is 10.0. The van der Waals surface area contributed by atoms with Crippen LogP contribution in [0.4, 0.5) is 0 Å². The van der Waals surface area contributed by atoms with Gasteiger partial charge in [-0.05, 0) is 29.8 Å². The zero-order valence-electron chi connectivity index (χ0n) is 17.0. The summed E-state index contributed by atoms with van der Waals surface area (Å²) in [6, 6.07) is 15.9. The van der Waals surface area contributed by atoms with Crippen LogP contribution in [0.5, 0.6) is 0 Å². The molecule has 0 amide bonds. The second kappa shape index (κ2) is 10.3. The van der Waals surface area contributed by atoms with Crippen molar-refractivity contribution in [2.75, 3.05) is 19.8 Å². The van der Waals surface area contributed by atoms with Crippen molar-refractivity contribution in [2.24, 2.45) is 5.11 Å². The Labute approximate surface area is 183 Å². The molecule has 0 aromatic heterocycles. The van der Waals surface area contributed by atoms with E-state index in [0.717, 1.165) is 0 Å². The first kappa shape index (κ1) is 21.8. The third kappa shape index (κ3) is 4.90. The first-order valence-electron chi connectivity index (χ1n) is 10.1.